The highest BCUT2D eigenvalue weighted by molar-refractivity contribution is 5.74. The molecular weight excluding hydrogens is 258 g/mol. The smallest absolute Gasteiger partial charge is 0.302 e. The summed E-state index contributed by atoms with van der Waals surface area (Å²) in [5.74, 6) is -1.14. The maximum Gasteiger partial charge on any atom is 0.302 e. The Kier molecular flexibility index (Phi) is 4.86. The number of β-amino-alcohol motifs (C(OH)–C–C–N with tert-alkyl or cyclic N) is 1. The third kappa shape index (κ3) is 3.03. The van der Waals surface area contributed by atoms with Crippen LogP contribution in [0.4, 0.5) is 0 Å². The molecule has 0 aliphatic carbocycles. The normalized spacial score (nSPS) is 32.2. The fourth-order valence-electron chi connectivity index (χ4n) is 2.29. The Balaban J connectivity index is 3.03. The van der Waals surface area contributed by atoms with Crippen LogP contribution in [-0.2, 0) is 14.3 Å². The van der Waals surface area contributed by atoms with E-state index in [1.54, 1.807) is 0 Å². The van der Waals surface area contributed by atoms with Crippen molar-refractivity contribution >= 4 is 11.9 Å². The van der Waals surface area contributed by atoms with Crippen molar-refractivity contribution in [1.82, 2.24) is 4.90 Å². The van der Waals surface area contributed by atoms with Gasteiger partial charge in [0, 0.05) is 13.8 Å². The molecule has 1 aliphatic rings. The van der Waals surface area contributed by atoms with E-state index >= 15 is 0 Å². The molecule has 0 radical (unpaired) electrons. The molecule has 1 fully saturated rings. The van der Waals surface area contributed by atoms with Crippen LogP contribution in [0.5, 0.6) is 0 Å². The summed E-state index contributed by atoms with van der Waals surface area (Å²) in [7, 11) is 0. The fraction of sp³-hybridized carbons (Fsp3) is 0.818. The molecule has 0 aromatic heterocycles. The average Bonchev–Trinajstić information content (AvgIpc) is 2.60. The van der Waals surface area contributed by atoms with E-state index in [-0.39, 0.29) is 6.54 Å². The quantitative estimate of drug-likeness (QED) is 0.409. The second-order valence-electron chi connectivity index (χ2n) is 4.65. The van der Waals surface area contributed by atoms with E-state index in [1.807, 2.05) is 0 Å². The topological polar surface area (TPSA) is 128 Å². The molecular formula is C11H19NO7. The minimum absolute atomic E-state index is 0.213. The lowest BCUT2D eigenvalue weighted by Crippen LogP contribution is -2.59. The van der Waals surface area contributed by atoms with Crippen LogP contribution in [-0.4, -0.2) is 80.8 Å². The van der Waals surface area contributed by atoms with E-state index in [2.05, 4.69) is 4.74 Å². The molecule has 110 valence electrons. The predicted molar refractivity (Wildman–Crippen MR) is 61.9 cm³/mol. The molecule has 1 amide bonds. The van der Waals surface area contributed by atoms with Crippen LogP contribution in [0.2, 0.25) is 0 Å². The predicted octanol–water partition coefficient (Wildman–Crippen LogP) is -2.77. The third-order valence-corrected chi connectivity index (χ3v) is 3.26. The van der Waals surface area contributed by atoms with E-state index in [0.29, 0.717) is 0 Å². The monoisotopic (exact) mass is 277 g/mol. The molecule has 8 nitrogen and oxygen atoms in total. The van der Waals surface area contributed by atoms with Crippen LogP contribution < -0.4 is 0 Å². The molecule has 1 heterocycles. The number of carbonyl (C=O) groups excluding carboxylic acids is 2. The number of amides is 1. The first kappa shape index (κ1) is 15.8. The summed E-state index contributed by atoms with van der Waals surface area (Å²) >= 11 is 0. The van der Waals surface area contributed by atoms with Crippen molar-refractivity contribution < 1.29 is 34.8 Å². The number of aliphatic hydroxyl groups is 4. The van der Waals surface area contributed by atoms with Crippen molar-refractivity contribution in [2.24, 2.45) is 0 Å². The molecule has 8 heteroatoms. The Morgan fingerprint density at radius 3 is 2.47 bits per heavy atom. The maximum atomic E-state index is 11.5. The first-order valence-electron chi connectivity index (χ1n) is 5.84. The molecule has 0 aromatic rings. The Labute approximate surface area is 110 Å². The van der Waals surface area contributed by atoms with Crippen LogP contribution >= 0.6 is 0 Å². The molecule has 1 saturated heterocycles. The van der Waals surface area contributed by atoms with E-state index in [4.69, 9.17) is 5.11 Å². The molecule has 4 atom stereocenters. The molecule has 0 aromatic carbocycles. The number of hydrogen-bond donors (Lipinski definition) is 4. The van der Waals surface area contributed by atoms with E-state index < -0.39 is 48.9 Å². The average molecular weight is 277 g/mol. The lowest BCUT2D eigenvalue weighted by molar-refractivity contribution is -0.166. The number of aliphatic hydroxyl groups excluding tert-OH is 3. The SMILES string of the molecule is CC(=O)OC[C@]1(O)[C@@H](O)CN(C(C)=O)[C@@H]1[C@H](O)CO. The van der Waals surface area contributed by atoms with Gasteiger partial charge in [0.2, 0.25) is 5.91 Å². The van der Waals surface area contributed by atoms with Gasteiger partial charge < -0.3 is 30.1 Å². The molecule has 0 unspecified atom stereocenters. The van der Waals surface area contributed by atoms with Gasteiger partial charge in [-0.3, -0.25) is 9.59 Å². The largest absolute Gasteiger partial charge is 0.463 e. The summed E-state index contributed by atoms with van der Waals surface area (Å²) in [4.78, 5) is 23.3. The molecule has 1 rings (SSSR count). The summed E-state index contributed by atoms with van der Waals surface area (Å²) < 4.78 is 4.67. The zero-order valence-electron chi connectivity index (χ0n) is 10.8. The number of esters is 1. The van der Waals surface area contributed by atoms with Gasteiger partial charge in [-0.1, -0.05) is 0 Å². The number of likely N-dealkylation sites (tertiary alicyclic amines) is 1. The zero-order valence-corrected chi connectivity index (χ0v) is 10.8. The molecule has 1 aliphatic heterocycles. The van der Waals surface area contributed by atoms with Crippen molar-refractivity contribution in [1.29, 1.82) is 0 Å². The van der Waals surface area contributed by atoms with Gasteiger partial charge in [0.05, 0.1) is 19.2 Å². The minimum Gasteiger partial charge on any atom is -0.463 e. The summed E-state index contributed by atoms with van der Waals surface area (Å²) in [6, 6.07) is -1.25. The van der Waals surface area contributed by atoms with Crippen LogP contribution in [0.15, 0.2) is 0 Å². The van der Waals surface area contributed by atoms with Crippen molar-refractivity contribution in [2.75, 3.05) is 19.8 Å². The van der Waals surface area contributed by atoms with Crippen LogP contribution in [0.1, 0.15) is 13.8 Å². The van der Waals surface area contributed by atoms with E-state index in [1.165, 1.54) is 6.92 Å². The summed E-state index contributed by atoms with van der Waals surface area (Å²) in [6.07, 6.45) is -2.84. The van der Waals surface area contributed by atoms with Crippen molar-refractivity contribution in [3.8, 4) is 0 Å². The zero-order chi connectivity index (χ0) is 14.8. The first-order valence-corrected chi connectivity index (χ1v) is 5.84. The Hall–Kier alpha value is -1.22. The molecule has 4 N–H and O–H groups in total. The van der Waals surface area contributed by atoms with Crippen LogP contribution in [0, 0.1) is 0 Å². The minimum atomic E-state index is -2.01. The Morgan fingerprint density at radius 1 is 1.47 bits per heavy atom. The third-order valence-electron chi connectivity index (χ3n) is 3.26. The van der Waals surface area contributed by atoms with Gasteiger partial charge in [-0.05, 0) is 0 Å². The standard InChI is InChI=1S/C11H19NO7/c1-6(14)12-3-9(17)11(18,5-19-7(2)15)10(12)8(16)4-13/h8-10,13,16-18H,3-5H2,1-2H3/t8-,9+,10-,11+/m1/s1. The highest BCUT2D eigenvalue weighted by atomic mass is 16.5. The lowest BCUT2D eigenvalue weighted by Gasteiger charge is -2.36. The van der Waals surface area contributed by atoms with Crippen molar-refractivity contribution in [2.45, 2.75) is 37.7 Å². The highest BCUT2D eigenvalue weighted by Gasteiger charge is 2.57. The van der Waals surface area contributed by atoms with Crippen molar-refractivity contribution in [3.05, 3.63) is 0 Å². The van der Waals surface area contributed by atoms with Gasteiger partial charge in [-0.2, -0.15) is 0 Å². The second kappa shape index (κ2) is 5.83. The molecule has 0 spiro atoms. The van der Waals surface area contributed by atoms with Gasteiger partial charge in [0.25, 0.3) is 0 Å². The summed E-state index contributed by atoms with van der Waals surface area (Å²) in [5, 5.41) is 39.0. The van der Waals surface area contributed by atoms with Gasteiger partial charge in [0.1, 0.15) is 24.4 Å². The summed E-state index contributed by atoms with van der Waals surface area (Å²) in [5.41, 5.74) is -2.01. The van der Waals surface area contributed by atoms with Crippen LogP contribution in [0.25, 0.3) is 0 Å². The fourth-order valence-corrected chi connectivity index (χ4v) is 2.29. The Bertz CT molecular complexity index is 361. The van der Waals surface area contributed by atoms with Gasteiger partial charge in [-0.15, -0.1) is 0 Å². The number of rotatable bonds is 4. The van der Waals surface area contributed by atoms with Gasteiger partial charge >= 0.3 is 5.97 Å². The lowest BCUT2D eigenvalue weighted by atomic mass is 9.89. The molecule has 0 bridgehead atoms. The van der Waals surface area contributed by atoms with Crippen LogP contribution in [0.3, 0.4) is 0 Å². The number of nitrogens with zero attached hydrogens (tertiary/aromatic N) is 1. The number of hydrogen-bond acceptors (Lipinski definition) is 7. The molecule has 0 saturated carbocycles. The number of ether oxygens (including phenoxy) is 1. The Morgan fingerprint density at radius 2 is 2.05 bits per heavy atom. The second-order valence-corrected chi connectivity index (χ2v) is 4.65. The van der Waals surface area contributed by atoms with Crippen molar-refractivity contribution in [3.63, 3.8) is 0 Å². The summed E-state index contributed by atoms with van der Waals surface area (Å²) in [6.45, 7) is 0.847. The number of carbonyl (C=O) groups is 2. The molecule has 19 heavy (non-hydrogen) atoms. The van der Waals surface area contributed by atoms with E-state index in [0.717, 1.165) is 11.8 Å². The van der Waals surface area contributed by atoms with E-state index in [9.17, 15) is 24.9 Å². The van der Waals surface area contributed by atoms with Gasteiger partial charge in [0.15, 0.2) is 0 Å². The maximum absolute atomic E-state index is 11.5. The first-order chi connectivity index (χ1) is 8.74. The van der Waals surface area contributed by atoms with Gasteiger partial charge in [-0.25, -0.2) is 0 Å². The highest BCUT2D eigenvalue weighted by Crippen LogP contribution is 2.32.